The van der Waals surface area contributed by atoms with Crippen molar-refractivity contribution in [3.63, 3.8) is 0 Å². The van der Waals surface area contributed by atoms with Gasteiger partial charge in [-0.1, -0.05) is 6.92 Å². The Morgan fingerprint density at radius 3 is 2.61 bits per heavy atom. The highest BCUT2D eigenvalue weighted by molar-refractivity contribution is 6.02. The lowest BCUT2D eigenvalue weighted by atomic mass is 10.3. The summed E-state index contributed by atoms with van der Waals surface area (Å²) in [6, 6.07) is 1.83. The van der Waals surface area contributed by atoms with E-state index in [0.29, 0.717) is 18.8 Å². The smallest absolute Gasteiger partial charge is 0.273 e. The average Bonchev–Trinajstić information content (AvgIpc) is 3.11. The Kier molecular flexibility index (Phi) is 5.51. The summed E-state index contributed by atoms with van der Waals surface area (Å²) in [5.74, 6) is -0.544. The number of hydrogen-bond acceptors (Lipinski definition) is 4. The molecule has 8 heteroatoms. The van der Waals surface area contributed by atoms with E-state index in [1.807, 2.05) is 26.8 Å². The van der Waals surface area contributed by atoms with E-state index in [-0.39, 0.29) is 24.1 Å². The molecule has 0 aliphatic rings. The number of aryl methyl sites for hydroxylation is 2. The molecule has 2 heterocycles. The van der Waals surface area contributed by atoms with Crippen molar-refractivity contribution in [3.8, 4) is 0 Å². The summed E-state index contributed by atoms with van der Waals surface area (Å²) in [6.45, 7) is 7.01. The number of carbonyl (C=O) groups is 2. The first-order valence-electron chi connectivity index (χ1n) is 7.69. The molecular weight excluding hydrogens is 296 g/mol. The molecule has 0 aromatic carbocycles. The second-order valence-electron chi connectivity index (χ2n) is 5.21. The van der Waals surface area contributed by atoms with Gasteiger partial charge in [0.15, 0.2) is 5.69 Å². The van der Waals surface area contributed by atoms with Gasteiger partial charge in [0.1, 0.15) is 6.54 Å². The van der Waals surface area contributed by atoms with Gasteiger partial charge >= 0.3 is 0 Å². The minimum absolute atomic E-state index is 0.0845. The van der Waals surface area contributed by atoms with Gasteiger partial charge in [-0.05, 0) is 26.3 Å². The Bertz CT molecular complexity index is 688. The lowest BCUT2D eigenvalue weighted by Gasteiger charge is -2.06. The van der Waals surface area contributed by atoms with Crippen LogP contribution in [0.5, 0.6) is 0 Å². The van der Waals surface area contributed by atoms with Gasteiger partial charge < -0.3 is 10.6 Å². The largest absolute Gasteiger partial charge is 0.351 e. The molecule has 0 saturated heterocycles. The summed E-state index contributed by atoms with van der Waals surface area (Å²) in [7, 11) is 0. The number of hydrogen-bond donors (Lipinski definition) is 2. The minimum atomic E-state index is -0.288. The maximum absolute atomic E-state index is 12.1. The quantitative estimate of drug-likeness (QED) is 0.802. The van der Waals surface area contributed by atoms with Crippen molar-refractivity contribution in [1.29, 1.82) is 0 Å². The molecule has 0 bridgehead atoms. The molecule has 0 fully saturated rings. The fraction of sp³-hybridized carbons (Fsp3) is 0.467. The van der Waals surface area contributed by atoms with Crippen LogP contribution < -0.4 is 10.6 Å². The van der Waals surface area contributed by atoms with E-state index >= 15 is 0 Å². The third-order valence-corrected chi connectivity index (χ3v) is 3.19. The third-order valence-electron chi connectivity index (χ3n) is 3.19. The number of nitrogens with zero attached hydrogens (tertiary/aromatic N) is 4. The van der Waals surface area contributed by atoms with E-state index in [0.717, 1.165) is 12.1 Å². The number of nitrogens with one attached hydrogen (secondary N) is 2. The number of amides is 2. The van der Waals surface area contributed by atoms with Crippen molar-refractivity contribution in [2.24, 2.45) is 0 Å². The van der Waals surface area contributed by atoms with Gasteiger partial charge in [-0.3, -0.25) is 19.0 Å². The molecule has 0 atom stereocenters. The standard InChI is InChI=1S/C15H22N6O2/c1-4-7-16-15(23)14-12(9-20(5-2)19-14)17-13(22)10-21-8-6-11(3)18-21/h6,8-9H,4-5,7,10H2,1-3H3,(H,16,23)(H,17,22). The molecule has 23 heavy (non-hydrogen) atoms. The van der Waals surface area contributed by atoms with Crippen LogP contribution in [0.15, 0.2) is 18.5 Å². The predicted octanol–water partition coefficient (Wildman–Crippen LogP) is 1.19. The van der Waals surface area contributed by atoms with Crippen LogP contribution in [0.2, 0.25) is 0 Å². The molecule has 2 aromatic rings. The highest BCUT2D eigenvalue weighted by atomic mass is 16.2. The van der Waals surface area contributed by atoms with Gasteiger partial charge in [-0.2, -0.15) is 10.2 Å². The molecule has 0 aliphatic carbocycles. The van der Waals surface area contributed by atoms with Crippen LogP contribution in [0.1, 0.15) is 36.5 Å². The molecule has 2 N–H and O–H groups in total. The molecule has 2 aromatic heterocycles. The molecule has 2 rings (SSSR count). The summed E-state index contributed by atoms with van der Waals surface area (Å²) in [4.78, 5) is 24.3. The van der Waals surface area contributed by atoms with E-state index < -0.39 is 0 Å². The number of aromatic nitrogens is 4. The Morgan fingerprint density at radius 2 is 2.00 bits per heavy atom. The van der Waals surface area contributed by atoms with Crippen LogP contribution in [0.4, 0.5) is 5.69 Å². The lowest BCUT2D eigenvalue weighted by Crippen LogP contribution is -2.26. The SMILES string of the molecule is CCCNC(=O)c1nn(CC)cc1NC(=O)Cn1ccc(C)n1. The van der Waals surface area contributed by atoms with E-state index in [4.69, 9.17) is 0 Å². The molecule has 0 spiro atoms. The maximum atomic E-state index is 12.1. The molecule has 0 saturated carbocycles. The first kappa shape index (κ1) is 16.7. The van der Waals surface area contributed by atoms with E-state index in [9.17, 15) is 9.59 Å². The zero-order valence-electron chi connectivity index (χ0n) is 13.7. The van der Waals surface area contributed by atoms with E-state index in [1.165, 1.54) is 0 Å². The number of rotatable bonds is 7. The lowest BCUT2D eigenvalue weighted by molar-refractivity contribution is -0.116. The van der Waals surface area contributed by atoms with Crippen LogP contribution in [0.25, 0.3) is 0 Å². The predicted molar refractivity (Wildman–Crippen MR) is 86.1 cm³/mol. The topological polar surface area (TPSA) is 93.8 Å². The molecule has 0 aliphatic heterocycles. The van der Waals surface area contributed by atoms with Crippen LogP contribution in [-0.2, 0) is 17.9 Å². The molecule has 0 unspecified atom stereocenters. The van der Waals surface area contributed by atoms with Gasteiger partial charge in [0.25, 0.3) is 5.91 Å². The van der Waals surface area contributed by atoms with E-state index in [2.05, 4.69) is 20.8 Å². The zero-order valence-corrected chi connectivity index (χ0v) is 13.7. The molecular formula is C15H22N6O2. The first-order valence-corrected chi connectivity index (χ1v) is 7.69. The Morgan fingerprint density at radius 1 is 1.22 bits per heavy atom. The Hall–Kier alpha value is -2.64. The summed E-state index contributed by atoms with van der Waals surface area (Å²) in [5.41, 5.74) is 1.48. The monoisotopic (exact) mass is 318 g/mol. The van der Waals surface area contributed by atoms with Crippen molar-refractivity contribution < 1.29 is 9.59 Å². The van der Waals surface area contributed by atoms with Gasteiger partial charge in [0.2, 0.25) is 5.91 Å². The summed E-state index contributed by atoms with van der Waals surface area (Å²) in [6.07, 6.45) is 4.23. The Labute approximate surface area is 134 Å². The summed E-state index contributed by atoms with van der Waals surface area (Å²) in [5, 5.41) is 13.9. The highest BCUT2D eigenvalue weighted by Gasteiger charge is 2.18. The minimum Gasteiger partial charge on any atom is -0.351 e. The fourth-order valence-electron chi connectivity index (χ4n) is 2.05. The van der Waals surface area contributed by atoms with Crippen LogP contribution >= 0.6 is 0 Å². The van der Waals surface area contributed by atoms with Crippen molar-refractivity contribution in [1.82, 2.24) is 24.9 Å². The van der Waals surface area contributed by atoms with Gasteiger partial charge in [-0.15, -0.1) is 0 Å². The van der Waals surface area contributed by atoms with Crippen molar-refractivity contribution in [2.45, 2.75) is 40.3 Å². The van der Waals surface area contributed by atoms with Gasteiger partial charge in [-0.25, -0.2) is 0 Å². The van der Waals surface area contributed by atoms with E-state index in [1.54, 1.807) is 21.8 Å². The van der Waals surface area contributed by atoms with Crippen molar-refractivity contribution in [3.05, 3.63) is 29.8 Å². The number of carbonyl (C=O) groups excluding carboxylic acids is 2. The molecule has 2 amide bonds. The zero-order chi connectivity index (χ0) is 16.8. The molecule has 0 radical (unpaired) electrons. The molecule has 8 nitrogen and oxygen atoms in total. The normalized spacial score (nSPS) is 10.6. The third kappa shape index (κ3) is 4.41. The second-order valence-corrected chi connectivity index (χ2v) is 5.21. The maximum Gasteiger partial charge on any atom is 0.273 e. The van der Waals surface area contributed by atoms with Crippen LogP contribution in [-0.4, -0.2) is 37.9 Å². The summed E-state index contributed by atoms with van der Waals surface area (Å²) < 4.78 is 3.17. The van der Waals surface area contributed by atoms with Crippen LogP contribution in [0, 0.1) is 6.92 Å². The first-order chi connectivity index (χ1) is 11.0. The van der Waals surface area contributed by atoms with Gasteiger partial charge in [0.05, 0.1) is 11.4 Å². The van der Waals surface area contributed by atoms with Crippen LogP contribution in [0.3, 0.4) is 0 Å². The Balaban J connectivity index is 2.09. The average molecular weight is 318 g/mol. The highest BCUT2D eigenvalue weighted by Crippen LogP contribution is 2.14. The summed E-state index contributed by atoms with van der Waals surface area (Å²) >= 11 is 0. The molecule has 124 valence electrons. The van der Waals surface area contributed by atoms with Gasteiger partial charge in [0, 0.05) is 25.5 Å². The second kappa shape index (κ2) is 7.57. The van der Waals surface area contributed by atoms with Crippen molar-refractivity contribution >= 4 is 17.5 Å². The fourth-order valence-corrected chi connectivity index (χ4v) is 2.05. The number of anilines is 1. The van der Waals surface area contributed by atoms with Crippen molar-refractivity contribution in [2.75, 3.05) is 11.9 Å².